The molecule has 0 aromatic carbocycles. The fraction of sp³-hybridized carbons (Fsp3) is 0.750. The highest BCUT2D eigenvalue weighted by Crippen LogP contribution is 2.26. The molecule has 52 valence electrons. The van der Waals surface area contributed by atoms with Crippen LogP contribution in [0.3, 0.4) is 0 Å². The van der Waals surface area contributed by atoms with E-state index in [-0.39, 0.29) is 0 Å². The first-order valence-corrected chi connectivity index (χ1v) is 3.71. The Morgan fingerprint density at radius 2 is 2.33 bits per heavy atom. The van der Waals surface area contributed by atoms with E-state index in [1.54, 1.807) is 0 Å². The third-order valence-electron chi connectivity index (χ3n) is 2.19. The van der Waals surface area contributed by atoms with Crippen molar-refractivity contribution in [3.8, 4) is 0 Å². The molecule has 0 heterocycles. The van der Waals surface area contributed by atoms with Gasteiger partial charge in [-0.3, -0.25) is 0 Å². The van der Waals surface area contributed by atoms with Crippen molar-refractivity contribution in [1.82, 2.24) is 0 Å². The lowest BCUT2D eigenvalue weighted by atomic mass is 10.0. The maximum Gasteiger partial charge on any atom is 0.00701 e. The van der Waals surface area contributed by atoms with E-state index < -0.39 is 0 Å². The zero-order chi connectivity index (χ0) is 6.69. The lowest BCUT2D eigenvalue weighted by Crippen LogP contribution is -2.23. The number of allylic oxidation sites excluding steroid dienone is 1. The largest absolute Gasteiger partial charge is 0.327 e. The van der Waals surface area contributed by atoms with Gasteiger partial charge in [0.05, 0.1) is 0 Å². The summed E-state index contributed by atoms with van der Waals surface area (Å²) in [7, 11) is 0. The molecular formula is C8H15N. The normalized spacial score (nSPS) is 34.8. The van der Waals surface area contributed by atoms with Gasteiger partial charge < -0.3 is 5.73 Å². The maximum absolute atomic E-state index is 5.82. The van der Waals surface area contributed by atoms with Crippen LogP contribution in [0.4, 0.5) is 0 Å². The first-order valence-electron chi connectivity index (χ1n) is 3.71. The highest BCUT2D eigenvalue weighted by molar-refractivity contribution is 4.85. The molecule has 2 atom stereocenters. The Labute approximate surface area is 56.9 Å². The van der Waals surface area contributed by atoms with E-state index >= 15 is 0 Å². The van der Waals surface area contributed by atoms with Gasteiger partial charge >= 0.3 is 0 Å². The van der Waals surface area contributed by atoms with Crippen molar-refractivity contribution in [3.05, 3.63) is 12.7 Å². The van der Waals surface area contributed by atoms with Gasteiger partial charge in [0.25, 0.3) is 0 Å². The van der Waals surface area contributed by atoms with Crippen LogP contribution in [0.5, 0.6) is 0 Å². The van der Waals surface area contributed by atoms with E-state index in [0.29, 0.717) is 6.04 Å². The van der Waals surface area contributed by atoms with Crippen LogP contribution in [0.25, 0.3) is 0 Å². The van der Waals surface area contributed by atoms with Crippen LogP contribution in [0.15, 0.2) is 12.7 Å². The van der Waals surface area contributed by atoms with Crippen LogP contribution in [0.1, 0.15) is 25.7 Å². The Balaban J connectivity index is 2.30. The lowest BCUT2D eigenvalue weighted by molar-refractivity contribution is 0.487. The molecule has 1 aliphatic rings. The van der Waals surface area contributed by atoms with Gasteiger partial charge in [-0.2, -0.15) is 0 Å². The summed E-state index contributed by atoms with van der Waals surface area (Å²) >= 11 is 0. The van der Waals surface area contributed by atoms with Crippen molar-refractivity contribution in [1.29, 1.82) is 0 Å². The molecule has 0 bridgehead atoms. The molecule has 0 aliphatic heterocycles. The van der Waals surface area contributed by atoms with Gasteiger partial charge in [0.15, 0.2) is 0 Å². The van der Waals surface area contributed by atoms with Crippen molar-refractivity contribution in [2.24, 2.45) is 11.7 Å². The Hall–Kier alpha value is -0.300. The number of hydrogen-bond donors (Lipinski definition) is 1. The zero-order valence-corrected chi connectivity index (χ0v) is 5.84. The summed E-state index contributed by atoms with van der Waals surface area (Å²) in [5.41, 5.74) is 5.82. The molecule has 9 heavy (non-hydrogen) atoms. The molecule has 0 spiro atoms. The van der Waals surface area contributed by atoms with Crippen LogP contribution in [0, 0.1) is 5.92 Å². The Bertz CT molecular complexity index is 98.7. The molecular weight excluding hydrogens is 110 g/mol. The summed E-state index contributed by atoms with van der Waals surface area (Å²) in [5, 5.41) is 0. The van der Waals surface area contributed by atoms with Gasteiger partial charge in [0, 0.05) is 6.04 Å². The van der Waals surface area contributed by atoms with Crippen molar-refractivity contribution in [3.63, 3.8) is 0 Å². The molecule has 0 saturated heterocycles. The van der Waals surface area contributed by atoms with Crippen molar-refractivity contribution < 1.29 is 0 Å². The van der Waals surface area contributed by atoms with Crippen LogP contribution in [0.2, 0.25) is 0 Å². The summed E-state index contributed by atoms with van der Waals surface area (Å²) in [5.74, 6) is 0.738. The fourth-order valence-electron chi connectivity index (χ4n) is 1.57. The molecule has 0 amide bonds. The molecule has 0 unspecified atom stereocenters. The highest BCUT2D eigenvalue weighted by atomic mass is 14.7. The van der Waals surface area contributed by atoms with Gasteiger partial charge in [-0.05, 0) is 25.2 Å². The quantitative estimate of drug-likeness (QED) is 0.558. The summed E-state index contributed by atoms with van der Waals surface area (Å²) in [6.07, 6.45) is 6.95. The van der Waals surface area contributed by atoms with E-state index in [2.05, 4.69) is 6.58 Å². The van der Waals surface area contributed by atoms with E-state index in [4.69, 9.17) is 5.73 Å². The second-order valence-electron chi connectivity index (χ2n) is 2.88. The van der Waals surface area contributed by atoms with E-state index in [0.717, 1.165) is 12.3 Å². The summed E-state index contributed by atoms with van der Waals surface area (Å²) in [6.45, 7) is 3.70. The molecule has 1 nitrogen and oxygen atoms in total. The molecule has 0 aromatic rings. The zero-order valence-electron chi connectivity index (χ0n) is 5.84. The van der Waals surface area contributed by atoms with Crippen LogP contribution >= 0.6 is 0 Å². The van der Waals surface area contributed by atoms with Crippen LogP contribution in [-0.2, 0) is 0 Å². The first-order chi connectivity index (χ1) is 4.34. The SMILES string of the molecule is C=CC[C@H]1CCC[C@@H]1N. The number of hydrogen-bond acceptors (Lipinski definition) is 1. The highest BCUT2D eigenvalue weighted by Gasteiger charge is 2.21. The summed E-state index contributed by atoms with van der Waals surface area (Å²) < 4.78 is 0. The topological polar surface area (TPSA) is 26.0 Å². The predicted molar refractivity (Wildman–Crippen MR) is 40.1 cm³/mol. The number of nitrogens with two attached hydrogens (primary N) is 1. The summed E-state index contributed by atoms with van der Waals surface area (Å²) in [4.78, 5) is 0. The smallest absolute Gasteiger partial charge is 0.00701 e. The van der Waals surface area contributed by atoms with Gasteiger partial charge in [0.2, 0.25) is 0 Å². The third kappa shape index (κ3) is 1.55. The second-order valence-corrected chi connectivity index (χ2v) is 2.88. The minimum absolute atomic E-state index is 0.461. The van der Waals surface area contributed by atoms with Gasteiger partial charge in [-0.1, -0.05) is 12.5 Å². The Morgan fingerprint density at radius 1 is 1.56 bits per heavy atom. The monoisotopic (exact) mass is 125 g/mol. The van der Waals surface area contributed by atoms with Gasteiger partial charge in [-0.15, -0.1) is 6.58 Å². The molecule has 1 fully saturated rings. The second kappa shape index (κ2) is 3.02. The van der Waals surface area contributed by atoms with Gasteiger partial charge in [0.1, 0.15) is 0 Å². The Kier molecular flexibility index (Phi) is 2.29. The van der Waals surface area contributed by atoms with E-state index in [1.165, 1.54) is 19.3 Å². The Morgan fingerprint density at radius 3 is 2.78 bits per heavy atom. The molecule has 1 saturated carbocycles. The average Bonchev–Trinajstić information content (AvgIpc) is 2.18. The average molecular weight is 125 g/mol. The lowest BCUT2D eigenvalue weighted by Gasteiger charge is -2.11. The molecule has 1 aliphatic carbocycles. The predicted octanol–water partition coefficient (Wildman–Crippen LogP) is 1.69. The molecule has 0 radical (unpaired) electrons. The van der Waals surface area contributed by atoms with Crippen LogP contribution in [-0.4, -0.2) is 6.04 Å². The van der Waals surface area contributed by atoms with Crippen LogP contribution < -0.4 is 5.73 Å². The van der Waals surface area contributed by atoms with Gasteiger partial charge in [-0.25, -0.2) is 0 Å². The first kappa shape index (κ1) is 6.81. The molecule has 0 aromatic heterocycles. The van der Waals surface area contributed by atoms with Crippen molar-refractivity contribution >= 4 is 0 Å². The minimum Gasteiger partial charge on any atom is -0.327 e. The molecule has 1 heteroatoms. The standard InChI is InChI=1S/C8H15N/c1-2-4-7-5-3-6-8(7)9/h2,7-8H,1,3-6,9H2/t7-,8-/m0/s1. The minimum atomic E-state index is 0.461. The van der Waals surface area contributed by atoms with Crippen molar-refractivity contribution in [2.75, 3.05) is 0 Å². The molecule has 2 N–H and O–H groups in total. The maximum atomic E-state index is 5.82. The fourth-order valence-corrected chi connectivity index (χ4v) is 1.57. The third-order valence-corrected chi connectivity index (χ3v) is 2.19. The van der Waals surface area contributed by atoms with E-state index in [9.17, 15) is 0 Å². The van der Waals surface area contributed by atoms with Crippen molar-refractivity contribution in [2.45, 2.75) is 31.7 Å². The molecule has 1 rings (SSSR count). The van der Waals surface area contributed by atoms with E-state index in [1.807, 2.05) is 6.08 Å². The summed E-state index contributed by atoms with van der Waals surface area (Å²) in [6, 6.07) is 0.461. The number of rotatable bonds is 2.